The van der Waals surface area contributed by atoms with Gasteiger partial charge >= 0.3 is 5.97 Å². The van der Waals surface area contributed by atoms with Crippen molar-refractivity contribution in [1.29, 1.82) is 0 Å². The Morgan fingerprint density at radius 3 is 2.62 bits per heavy atom. The molecule has 0 saturated carbocycles. The van der Waals surface area contributed by atoms with E-state index in [0.717, 1.165) is 9.21 Å². The number of ether oxygens (including phenoxy) is 1. The molecule has 1 atom stereocenters. The van der Waals surface area contributed by atoms with Crippen LogP contribution < -0.4 is 4.74 Å². The summed E-state index contributed by atoms with van der Waals surface area (Å²) >= 11 is 6.10. The summed E-state index contributed by atoms with van der Waals surface area (Å²) in [5.74, 6) is -1.54. The highest BCUT2D eigenvalue weighted by Gasteiger charge is 2.40. The summed E-state index contributed by atoms with van der Waals surface area (Å²) in [6, 6.07) is 1.84. The van der Waals surface area contributed by atoms with Crippen LogP contribution in [0, 0.1) is 6.92 Å². The van der Waals surface area contributed by atoms with E-state index in [0.29, 0.717) is 5.56 Å². The molecule has 0 bridgehead atoms. The first-order valence-electron chi connectivity index (χ1n) is 8.05. The van der Waals surface area contributed by atoms with Gasteiger partial charge in [0.2, 0.25) is 15.9 Å². The molecular weight excluding hydrogens is 384 g/mol. The van der Waals surface area contributed by atoms with E-state index in [2.05, 4.69) is 0 Å². The number of halogens is 1. The lowest BCUT2D eigenvalue weighted by molar-refractivity contribution is -0.148. The molecule has 0 aliphatic carbocycles. The third-order valence-electron chi connectivity index (χ3n) is 4.13. The Morgan fingerprint density at radius 2 is 2.04 bits per heavy atom. The number of benzene rings is 1. The van der Waals surface area contributed by atoms with E-state index >= 15 is 0 Å². The topological polar surface area (TPSA) is 104 Å². The first-order chi connectivity index (χ1) is 12.1. The maximum atomic E-state index is 13.1. The number of piperazine rings is 1. The third-order valence-corrected chi connectivity index (χ3v) is 6.53. The maximum Gasteiger partial charge on any atom is 0.323 e. The highest BCUT2D eigenvalue weighted by Crippen LogP contribution is 2.33. The van der Waals surface area contributed by atoms with Gasteiger partial charge in [0, 0.05) is 18.1 Å². The van der Waals surface area contributed by atoms with Gasteiger partial charge < -0.3 is 14.7 Å². The lowest BCUT2D eigenvalue weighted by atomic mass is 10.2. The van der Waals surface area contributed by atoms with E-state index in [1.165, 1.54) is 13.0 Å². The van der Waals surface area contributed by atoms with Crippen molar-refractivity contribution in [3.63, 3.8) is 0 Å². The molecule has 1 amide bonds. The molecule has 1 aromatic rings. The van der Waals surface area contributed by atoms with Crippen LogP contribution in [0.1, 0.15) is 19.4 Å². The molecule has 2 rings (SSSR count). The smallest absolute Gasteiger partial charge is 0.323 e. The average Bonchev–Trinajstić information content (AvgIpc) is 2.54. The van der Waals surface area contributed by atoms with Gasteiger partial charge in [-0.3, -0.25) is 9.59 Å². The zero-order valence-electron chi connectivity index (χ0n) is 14.7. The number of rotatable bonds is 6. The van der Waals surface area contributed by atoms with Crippen molar-refractivity contribution < 1.29 is 27.9 Å². The van der Waals surface area contributed by atoms with Gasteiger partial charge in [-0.25, -0.2) is 8.42 Å². The van der Waals surface area contributed by atoms with Gasteiger partial charge in [0.25, 0.3) is 0 Å². The summed E-state index contributed by atoms with van der Waals surface area (Å²) in [6.07, 6.45) is 0. The molecule has 1 unspecified atom stereocenters. The normalized spacial score (nSPS) is 18.8. The Balaban J connectivity index is 2.41. The van der Waals surface area contributed by atoms with Gasteiger partial charge in [-0.1, -0.05) is 11.6 Å². The Labute approximate surface area is 157 Å². The van der Waals surface area contributed by atoms with E-state index in [9.17, 15) is 18.0 Å². The average molecular weight is 405 g/mol. The molecule has 26 heavy (non-hydrogen) atoms. The molecule has 1 N–H and O–H groups in total. The number of hydrogen-bond acceptors (Lipinski definition) is 5. The number of sulfonamides is 1. The summed E-state index contributed by atoms with van der Waals surface area (Å²) < 4.78 is 32.8. The zero-order chi connectivity index (χ0) is 19.6. The maximum absolute atomic E-state index is 13.1. The minimum Gasteiger partial charge on any atom is -0.492 e. The fourth-order valence-electron chi connectivity index (χ4n) is 2.79. The number of carbonyl (C=O) groups excluding carboxylic acids is 1. The molecule has 8 nitrogen and oxygen atoms in total. The van der Waals surface area contributed by atoms with E-state index in [4.69, 9.17) is 21.4 Å². The van der Waals surface area contributed by atoms with Crippen LogP contribution in [-0.2, 0) is 19.6 Å². The lowest BCUT2D eigenvalue weighted by Gasteiger charge is -2.37. The van der Waals surface area contributed by atoms with Crippen molar-refractivity contribution in [1.82, 2.24) is 9.21 Å². The van der Waals surface area contributed by atoms with Crippen LogP contribution in [0.25, 0.3) is 0 Å². The second kappa shape index (κ2) is 7.81. The highest BCUT2D eigenvalue weighted by molar-refractivity contribution is 7.89. The zero-order valence-corrected chi connectivity index (χ0v) is 16.3. The summed E-state index contributed by atoms with van der Waals surface area (Å²) in [7, 11) is -4.06. The number of carboxylic acid groups (broad SMARTS) is 1. The molecule has 1 heterocycles. The third kappa shape index (κ3) is 3.94. The number of aliphatic carboxylic acids is 1. The molecule has 10 heteroatoms. The van der Waals surface area contributed by atoms with Gasteiger partial charge in [0.05, 0.1) is 6.61 Å². The summed E-state index contributed by atoms with van der Waals surface area (Å²) in [4.78, 5) is 24.2. The van der Waals surface area contributed by atoms with Crippen molar-refractivity contribution in [2.24, 2.45) is 0 Å². The summed E-state index contributed by atoms with van der Waals surface area (Å²) in [5.41, 5.74) is 0.671. The van der Waals surface area contributed by atoms with Gasteiger partial charge in [-0.15, -0.1) is 0 Å². The molecule has 1 aliphatic rings. The number of carbonyl (C=O) groups is 2. The molecule has 1 saturated heterocycles. The first-order valence-corrected chi connectivity index (χ1v) is 9.86. The molecule has 144 valence electrons. The number of amides is 1. The predicted molar refractivity (Wildman–Crippen MR) is 94.9 cm³/mol. The Hall–Kier alpha value is -1.84. The molecule has 0 spiro atoms. The van der Waals surface area contributed by atoms with E-state index in [1.54, 1.807) is 19.9 Å². The first kappa shape index (κ1) is 20.5. The van der Waals surface area contributed by atoms with Crippen molar-refractivity contribution in [3.8, 4) is 5.75 Å². The van der Waals surface area contributed by atoms with Crippen LogP contribution in [0.3, 0.4) is 0 Å². The van der Waals surface area contributed by atoms with E-state index in [-0.39, 0.29) is 35.4 Å². The molecular formula is C16H21ClN2O6S. The van der Waals surface area contributed by atoms with Gasteiger partial charge in [-0.05, 0) is 38.5 Å². The highest BCUT2D eigenvalue weighted by atomic mass is 35.5. The monoisotopic (exact) mass is 404 g/mol. The lowest BCUT2D eigenvalue weighted by Crippen LogP contribution is -2.58. The van der Waals surface area contributed by atoms with Crippen molar-refractivity contribution in [2.75, 3.05) is 26.2 Å². The number of aryl methyl sites for hydroxylation is 1. The summed E-state index contributed by atoms with van der Waals surface area (Å²) in [5, 5.41) is 9.14. The Bertz CT molecular complexity index is 826. The second-order valence-electron chi connectivity index (χ2n) is 5.93. The van der Waals surface area contributed by atoms with Crippen LogP contribution in [-0.4, -0.2) is 66.9 Å². The van der Waals surface area contributed by atoms with Gasteiger partial charge in [-0.2, -0.15) is 4.31 Å². The number of carboxylic acids is 1. The minimum absolute atomic E-state index is 0.00172. The fraction of sp³-hybridized carbons (Fsp3) is 0.500. The van der Waals surface area contributed by atoms with Crippen LogP contribution in [0.15, 0.2) is 17.0 Å². The molecule has 0 aromatic heterocycles. The number of nitrogens with zero attached hydrogens (tertiary/aromatic N) is 2. The van der Waals surface area contributed by atoms with E-state index in [1.807, 2.05) is 0 Å². The minimum atomic E-state index is -4.06. The van der Waals surface area contributed by atoms with Crippen molar-refractivity contribution in [3.05, 3.63) is 22.7 Å². The molecule has 1 aromatic carbocycles. The van der Waals surface area contributed by atoms with Crippen molar-refractivity contribution in [2.45, 2.75) is 31.7 Å². The van der Waals surface area contributed by atoms with Crippen LogP contribution in [0.4, 0.5) is 0 Å². The van der Waals surface area contributed by atoms with Crippen LogP contribution in [0.2, 0.25) is 5.02 Å². The summed E-state index contributed by atoms with van der Waals surface area (Å²) in [6.45, 7) is 4.69. The second-order valence-corrected chi connectivity index (χ2v) is 8.19. The number of hydrogen-bond donors (Lipinski definition) is 1. The standard InChI is InChI=1S/C16H21ClN2O6S/c1-4-25-13-7-10(2)12(17)8-14(13)26(23,24)19-6-5-18(9-15(20)21)16(22)11(19)3/h7-8,11H,4-6,9H2,1-3H3,(H,20,21). The van der Waals surface area contributed by atoms with Crippen LogP contribution >= 0.6 is 11.6 Å². The SMILES string of the molecule is CCOc1cc(C)c(Cl)cc1S(=O)(=O)N1CCN(CC(=O)O)C(=O)C1C. The quantitative estimate of drug-likeness (QED) is 0.767. The fourth-order valence-corrected chi connectivity index (χ4v) is 4.74. The van der Waals surface area contributed by atoms with Crippen LogP contribution in [0.5, 0.6) is 5.75 Å². The Kier molecular flexibility index (Phi) is 6.15. The largest absolute Gasteiger partial charge is 0.492 e. The molecule has 1 fully saturated rings. The van der Waals surface area contributed by atoms with Gasteiger partial charge in [0.15, 0.2) is 0 Å². The molecule has 1 aliphatic heterocycles. The van der Waals surface area contributed by atoms with Gasteiger partial charge in [0.1, 0.15) is 23.2 Å². The van der Waals surface area contributed by atoms with Crippen molar-refractivity contribution >= 4 is 33.5 Å². The van der Waals surface area contributed by atoms with E-state index < -0.39 is 34.5 Å². The molecule has 0 radical (unpaired) electrons. The predicted octanol–water partition coefficient (Wildman–Crippen LogP) is 1.35. The Morgan fingerprint density at radius 1 is 1.38 bits per heavy atom.